The van der Waals surface area contributed by atoms with E-state index in [1.54, 1.807) is 17.0 Å². The minimum Gasteiger partial charge on any atom is -0.477 e. The van der Waals surface area contributed by atoms with Crippen LogP contribution in [0.4, 0.5) is 5.69 Å². The van der Waals surface area contributed by atoms with Gasteiger partial charge < -0.3 is 20.3 Å². The number of anilines is 1. The van der Waals surface area contributed by atoms with Crippen molar-refractivity contribution in [3.8, 4) is 5.75 Å². The fraction of sp³-hybridized carbons (Fsp3) is 0.591. The maximum absolute atomic E-state index is 13.1. The SMILES string of the molecule is NC(=O)[C@@H]1CN(C(=O)CN2CCC(C(=O)N3CCCCC3)CC2)c2ccccc2O1. The highest BCUT2D eigenvalue weighted by Gasteiger charge is 2.34. The number of primary amides is 1. The Morgan fingerprint density at radius 3 is 2.40 bits per heavy atom. The van der Waals surface area contributed by atoms with Gasteiger partial charge in [0.05, 0.1) is 18.8 Å². The van der Waals surface area contributed by atoms with Crippen LogP contribution in [0.5, 0.6) is 5.75 Å². The Balaban J connectivity index is 1.34. The van der Waals surface area contributed by atoms with Gasteiger partial charge in [0.2, 0.25) is 11.8 Å². The van der Waals surface area contributed by atoms with Crippen molar-refractivity contribution in [1.29, 1.82) is 0 Å². The fourth-order valence-electron chi connectivity index (χ4n) is 4.61. The molecule has 3 amide bonds. The van der Waals surface area contributed by atoms with Crippen molar-refractivity contribution in [3.63, 3.8) is 0 Å². The molecule has 3 aliphatic heterocycles. The number of nitrogens with zero attached hydrogens (tertiary/aromatic N) is 3. The number of hydrogen-bond donors (Lipinski definition) is 1. The molecule has 0 saturated carbocycles. The third-order valence-corrected chi connectivity index (χ3v) is 6.36. The van der Waals surface area contributed by atoms with Crippen LogP contribution in [0.2, 0.25) is 0 Å². The molecule has 0 bridgehead atoms. The van der Waals surface area contributed by atoms with Crippen LogP contribution in [0, 0.1) is 5.92 Å². The van der Waals surface area contributed by atoms with Gasteiger partial charge in [-0.2, -0.15) is 0 Å². The molecule has 0 spiro atoms. The zero-order valence-electron chi connectivity index (χ0n) is 17.3. The second-order valence-corrected chi connectivity index (χ2v) is 8.42. The molecule has 0 aliphatic carbocycles. The molecular weight excluding hydrogens is 384 g/mol. The Hall–Kier alpha value is -2.61. The number of likely N-dealkylation sites (tertiary alicyclic amines) is 2. The number of para-hydroxylation sites is 2. The van der Waals surface area contributed by atoms with Crippen LogP contribution in [-0.4, -0.2) is 72.9 Å². The lowest BCUT2D eigenvalue weighted by molar-refractivity contribution is -0.138. The van der Waals surface area contributed by atoms with E-state index in [4.69, 9.17) is 10.5 Å². The standard InChI is InChI=1S/C22H30N4O4/c23-21(28)19-14-26(17-6-2-3-7-18(17)30-19)20(27)15-24-12-8-16(9-13-24)22(29)25-10-4-1-5-11-25/h2-3,6-7,16,19H,1,4-5,8-15H2,(H2,23,28)/t19-/m0/s1. The summed E-state index contributed by atoms with van der Waals surface area (Å²) < 4.78 is 5.64. The monoisotopic (exact) mass is 414 g/mol. The number of benzene rings is 1. The van der Waals surface area contributed by atoms with E-state index < -0.39 is 12.0 Å². The van der Waals surface area contributed by atoms with Crippen LogP contribution in [-0.2, 0) is 14.4 Å². The van der Waals surface area contributed by atoms with Gasteiger partial charge in [-0.15, -0.1) is 0 Å². The lowest BCUT2D eigenvalue weighted by Gasteiger charge is -2.37. The number of amides is 3. The van der Waals surface area contributed by atoms with Gasteiger partial charge >= 0.3 is 0 Å². The van der Waals surface area contributed by atoms with E-state index in [9.17, 15) is 14.4 Å². The first-order valence-electron chi connectivity index (χ1n) is 10.9. The topological polar surface area (TPSA) is 96.2 Å². The summed E-state index contributed by atoms with van der Waals surface area (Å²) in [6, 6.07) is 7.19. The van der Waals surface area contributed by atoms with Crippen LogP contribution in [0.15, 0.2) is 24.3 Å². The minimum atomic E-state index is -0.850. The Morgan fingerprint density at radius 2 is 1.70 bits per heavy atom. The van der Waals surface area contributed by atoms with Crippen LogP contribution in [0.25, 0.3) is 0 Å². The summed E-state index contributed by atoms with van der Waals surface area (Å²) in [5, 5.41) is 0. The quantitative estimate of drug-likeness (QED) is 0.793. The zero-order chi connectivity index (χ0) is 21.1. The van der Waals surface area contributed by atoms with Crippen molar-refractivity contribution in [3.05, 3.63) is 24.3 Å². The molecule has 3 heterocycles. The number of ether oxygens (including phenoxy) is 1. The maximum Gasteiger partial charge on any atom is 0.260 e. The Kier molecular flexibility index (Phi) is 6.22. The van der Waals surface area contributed by atoms with Gasteiger partial charge in [0.25, 0.3) is 5.91 Å². The van der Waals surface area contributed by atoms with Gasteiger partial charge in [-0.1, -0.05) is 12.1 Å². The molecule has 2 saturated heterocycles. The van der Waals surface area contributed by atoms with Gasteiger partial charge in [0.1, 0.15) is 5.75 Å². The van der Waals surface area contributed by atoms with Gasteiger partial charge in [-0.3, -0.25) is 19.3 Å². The summed E-state index contributed by atoms with van der Waals surface area (Å²) in [6.07, 6.45) is 4.14. The Labute approximate surface area is 176 Å². The highest BCUT2D eigenvalue weighted by molar-refractivity contribution is 5.98. The summed E-state index contributed by atoms with van der Waals surface area (Å²) in [5.74, 6) is 0.175. The molecule has 1 atom stereocenters. The number of carbonyl (C=O) groups is 3. The highest BCUT2D eigenvalue weighted by Crippen LogP contribution is 2.33. The fourth-order valence-corrected chi connectivity index (χ4v) is 4.61. The molecule has 162 valence electrons. The van der Waals surface area contributed by atoms with E-state index in [1.165, 1.54) is 6.42 Å². The normalized spacial score (nSPS) is 22.9. The molecule has 4 rings (SSSR count). The van der Waals surface area contributed by atoms with Crippen LogP contribution >= 0.6 is 0 Å². The van der Waals surface area contributed by atoms with Crippen LogP contribution in [0.3, 0.4) is 0 Å². The molecule has 3 aliphatic rings. The van der Waals surface area contributed by atoms with Crippen molar-refractivity contribution in [2.75, 3.05) is 44.2 Å². The lowest BCUT2D eigenvalue weighted by atomic mass is 9.94. The zero-order valence-corrected chi connectivity index (χ0v) is 17.3. The predicted octanol–water partition coefficient (Wildman–Crippen LogP) is 0.990. The van der Waals surface area contributed by atoms with Crippen molar-refractivity contribution in [2.24, 2.45) is 11.7 Å². The maximum atomic E-state index is 13.1. The summed E-state index contributed by atoms with van der Waals surface area (Å²) in [6.45, 7) is 3.59. The second-order valence-electron chi connectivity index (χ2n) is 8.42. The number of hydrogen-bond acceptors (Lipinski definition) is 5. The number of fused-ring (bicyclic) bond motifs is 1. The van der Waals surface area contributed by atoms with Crippen LogP contribution in [0.1, 0.15) is 32.1 Å². The molecule has 2 fully saturated rings. The molecule has 1 aromatic carbocycles. The first-order valence-corrected chi connectivity index (χ1v) is 10.9. The summed E-state index contributed by atoms with van der Waals surface area (Å²) in [5.41, 5.74) is 6.09. The molecule has 0 aromatic heterocycles. The smallest absolute Gasteiger partial charge is 0.260 e. The average Bonchev–Trinajstić information content (AvgIpc) is 2.78. The van der Waals surface area contributed by atoms with E-state index >= 15 is 0 Å². The summed E-state index contributed by atoms with van der Waals surface area (Å²) in [4.78, 5) is 43.2. The number of piperidine rings is 2. The van der Waals surface area contributed by atoms with Gasteiger partial charge in [-0.25, -0.2) is 0 Å². The molecule has 0 radical (unpaired) electrons. The lowest BCUT2D eigenvalue weighted by Crippen LogP contribution is -2.52. The van der Waals surface area contributed by atoms with E-state index in [1.807, 2.05) is 17.0 Å². The van der Waals surface area contributed by atoms with Gasteiger partial charge in [0.15, 0.2) is 6.10 Å². The first kappa shape index (κ1) is 20.7. The van der Waals surface area contributed by atoms with E-state index in [2.05, 4.69) is 4.90 Å². The highest BCUT2D eigenvalue weighted by atomic mass is 16.5. The summed E-state index contributed by atoms with van der Waals surface area (Å²) in [7, 11) is 0. The number of nitrogens with two attached hydrogens (primary N) is 1. The predicted molar refractivity (Wildman–Crippen MR) is 112 cm³/mol. The molecule has 1 aromatic rings. The summed E-state index contributed by atoms with van der Waals surface area (Å²) >= 11 is 0. The van der Waals surface area contributed by atoms with Crippen molar-refractivity contribution in [2.45, 2.75) is 38.2 Å². The van der Waals surface area contributed by atoms with E-state index in [-0.39, 0.29) is 30.8 Å². The van der Waals surface area contributed by atoms with Crippen molar-refractivity contribution >= 4 is 23.4 Å². The van der Waals surface area contributed by atoms with Gasteiger partial charge in [0, 0.05) is 19.0 Å². The molecule has 8 nitrogen and oxygen atoms in total. The number of rotatable bonds is 4. The third-order valence-electron chi connectivity index (χ3n) is 6.36. The van der Waals surface area contributed by atoms with E-state index in [0.717, 1.165) is 51.9 Å². The number of carbonyl (C=O) groups excluding carboxylic acids is 3. The minimum absolute atomic E-state index is 0.0674. The molecule has 30 heavy (non-hydrogen) atoms. The van der Waals surface area contributed by atoms with Gasteiger partial charge in [-0.05, 0) is 57.3 Å². The first-order chi connectivity index (χ1) is 14.5. The van der Waals surface area contributed by atoms with E-state index in [0.29, 0.717) is 11.4 Å². The second kappa shape index (κ2) is 9.04. The Morgan fingerprint density at radius 1 is 1.00 bits per heavy atom. The molecule has 0 unspecified atom stereocenters. The largest absolute Gasteiger partial charge is 0.477 e. The molecule has 2 N–H and O–H groups in total. The van der Waals surface area contributed by atoms with Crippen LogP contribution < -0.4 is 15.4 Å². The molecule has 8 heteroatoms. The molecular formula is C22H30N4O4. The Bertz CT molecular complexity index is 800. The van der Waals surface area contributed by atoms with Crippen molar-refractivity contribution < 1.29 is 19.1 Å². The average molecular weight is 415 g/mol. The third kappa shape index (κ3) is 4.43. The van der Waals surface area contributed by atoms with Crippen molar-refractivity contribution in [1.82, 2.24) is 9.80 Å².